The number of carboxylic acids is 1. The van der Waals surface area contributed by atoms with Crippen molar-refractivity contribution in [2.75, 3.05) is 21.2 Å². The third-order valence-corrected chi connectivity index (χ3v) is 13.6. The largest absolute Gasteiger partial charge is 0.479 e. The molecular formula is C39H71NO6. The molecule has 0 aromatic carbocycles. The fourth-order valence-electron chi connectivity index (χ4n) is 11.5. The first kappa shape index (κ1) is 42.3. The van der Waals surface area contributed by atoms with Crippen LogP contribution in [-0.2, 0) is 19.1 Å². The zero-order valence-corrected chi connectivity index (χ0v) is 30.4. The molecule has 5 rings (SSSR count). The van der Waals surface area contributed by atoms with E-state index in [0.29, 0.717) is 46.4 Å². The third-order valence-electron chi connectivity index (χ3n) is 13.6. The van der Waals surface area contributed by atoms with Gasteiger partial charge in [0.2, 0.25) is 5.91 Å². The van der Waals surface area contributed by atoms with Gasteiger partial charge in [-0.3, -0.25) is 4.79 Å². The molecule has 5 saturated carbocycles. The number of fused-ring (bicyclic) bond motifs is 7. The predicted molar refractivity (Wildman–Crippen MR) is 188 cm³/mol. The van der Waals surface area contributed by atoms with Crippen LogP contribution in [0.2, 0.25) is 0 Å². The molecule has 0 bridgehead atoms. The molecule has 0 aromatic rings. The first-order valence-corrected chi connectivity index (χ1v) is 17.8. The number of amides is 1. The van der Waals surface area contributed by atoms with Crippen LogP contribution in [0.4, 0.5) is 0 Å². The smallest absolute Gasteiger partial charge is 0.332 e. The maximum Gasteiger partial charge on any atom is 0.332 e. The fourth-order valence-corrected chi connectivity index (χ4v) is 11.5. The van der Waals surface area contributed by atoms with Gasteiger partial charge in [0.15, 0.2) is 6.10 Å². The zero-order valence-electron chi connectivity index (χ0n) is 30.4. The quantitative estimate of drug-likeness (QED) is 0.229. The number of carboxylic acid groups (broad SMARTS) is 1. The number of carbonyl (C=O) groups excluding carboxylic acids is 2. The first-order valence-electron chi connectivity index (χ1n) is 17.8. The molecule has 0 aliphatic heterocycles. The van der Waals surface area contributed by atoms with Crippen LogP contribution in [0, 0.1) is 51.2 Å². The van der Waals surface area contributed by atoms with Gasteiger partial charge in [0.25, 0.3) is 0 Å². The van der Waals surface area contributed by atoms with Crippen molar-refractivity contribution in [1.82, 2.24) is 4.90 Å². The molecule has 5 fully saturated rings. The molecule has 0 spiro atoms. The number of aliphatic hydroxyl groups is 1. The van der Waals surface area contributed by atoms with Gasteiger partial charge in [-0.2, -0.15) is 0 Å². The van der Waals surface area contributed by atoms with E-state index in [4.69, 9.17) is 14.9 Å². The Morgan fingerprint density at radius 2 is 1.54 bits per heavy atom. The SMILES string of the molecule is C.C=CC.CC.COC1CCC2(C)C(CCC3(C)C2CCC2[C@H]4CCCC4(C(=O)N(C)C)CC[C@]23C)C1C.O=CCC(O)C(=O)O. The molecule has 5 aliphatic rings. The van der Waals surface area contributed by atoms with Crippen LogP contribution in [0.25, 0.3) is 0 Å². The minimum absolute atomic E-state index is 0. The van der Waals surface area contributed by atoms with Gasteiger partial charge in [0.1, 0.15) is 6.29 Å². The summed E-state index contributed by atoms with van der Waals surface area (Å²) >= 11 is 0. The number of nitrogens with zero attached hydrogens (tertiary/aromatic N) is 1. The average Bonchev–Trinajstić information content (AvgIpc) is 3.44. The second kappa shape index (κ2) is 17.1. The van der Waals surface area contributed by atoms with E-state index in [2.05, 4.69) is 34.3 Å². The summed E-state index contributed by atoms with van der Waals surface area (Å²) in [5, 5.41) is 16.2. The summed E-state index contributed by atoms with van der Waals surface area (Å²) in [7, 11) is 5.89. The van der Waals surface area contributed by atoms with Crippen LogP contribution < -0.4 is 0 Å². The first-order chi connectivity index (χ1) is 21.1. The molecule has 46 heavy (non-hydrogen) atoms. The van der Waals surface area contributed by atoms with Crippen molar-refractivity contribution in [3.63, 3.8) is 0 Å². The van der Waals surface area contributed by atoms with Crippen molar-refractivity contribution < 1.29 is 29.3 Å². The molecule has 0 aromatic heterocycles. The molecule has 0 saturated heterocycles. The molecule has 7 heteroatoms. The lowest BCUT2D eigenvalue weighted by molar-refractivity contribution is -0.234. The molecule has 2 N–H and O–H groups in total. The standard InChI is InChI=1S/C29H49NO2.C4H6O4.C3H6.C2H6.CH4/c1-19-20-12-16-28(4)24(26(20,2)15-13-23(19)32-7)11-10-21-22-9-8-14-29(22,25(31)30(5)6)18-17-27(21,28)3;5-2-1-3(6)4(7)8;1-3-2;1-2;/h19-24H,8-18H2,1-7H3;2-3,6H,1H2,(H,7,8);3H,1H2,2H3;1-2H3;1H4/t19?,20?,21?,22-,23?,24?,26?,27-,28?,29?;;;;/m1..../s1. The maximum atomic E-state index is 13.5. The second-order valence-electron chi connectivity index (χ2n) is 15.4. The minimum Gasteiger partial charge on any atom is -0.479 e. The zero-order chi connectivity index (χ0) is 34.4. The van der Waals surface area contributed by atoms with Gasteiger partial charge in [-0.05, 0) is 117 Å². The number of rotatable bonds is 5. The molecule has 1 amide bonds. The summed E-state index contributed by atoms with van der Waals surface area (Å²) in [6.07, 6.45) is 14.8. The van der Waals surface area contributed by atoms with E-state index in [1.165, 1.54) is 57.8 Å². The number of hydrogen-bond acceptors (Lipinski definition) is 5. The topological polar surface area (TPSA) is 104 Å². The van der Waals surface area contributed by atoms with E-state index in [9.17, 15) is 14.4 Å². The van der Waals surface area contributed by atoms with Gasteiger partial charge in [0, 0.05) is 27.6 Å². The number of aldehydes is 1. The van der Waals surface area contributed by atoms with E-state index in [-0.39, 0.29) is 19.3 Å². The third kappa shape index (κ3) is 7.31. The molecule has 9 unspecified atom stereocenters. The van der Waals surface area contributed by atoms with Crippen LogP contribution >= 0.6 is 0 Å². The van der Waals surface area contributed by atoms with Gasteiger partial charge in [-0.25, -0.2) is 4.79 Å². The molecule has 0 heterocycles. The van der Waals surface area contributed by atoms with E-state index in [1.54, 1.807) is 6.08 Å². The van der Waals surface area contributed by atoms with Crippen LogP contribution in [0.1, 0.15) is 133 Å². The highest BCUT2D eigenvalue weighted by atomic mass is 16.5. The number of methoxy groups -OCH3 is 1. The molecule has 5 aliphatic carbocycles. The lowest BCUT2D eigenvalue weighted by Crippen LogP contribution is -2.66. The van der Waals surface area contributed by atoms with Gasteiger partial charge in [-0.1, -0.05) is 61.5 Å². The minimum atomic E-state index is -1.53. The number of ether oxygens (including phenoxy) is 1. The van der Waals surface area contributed by atoms with Crippen molar-refractivity contribution in [1.29, 1.82) is 0 Å². The van der Waals surface area contributed by atoms with Gasteiger partial charge in [0.05, 0.1) is 11.5 Å². The highest BCUT2D eigenvalue weighted by molar-refractivity contribution is 5.83. The van der Waals surface area contributed by atoms with Gasteiger partial charge < -0.3 is 24.6 Å². The number of hydrogen-bond donors (Lipinski definition) is 2. The van der Waals surface area contributed by atoms with Crippen molar-refractivity contribution in [3.05, 3.63) is 12.7 Å². The Morgan fingerprint density at radius 1 is 0.935 bits per heavy atom. The fraction of sp³-hybridized carbons (Fsp3) is 0.872. The predicted octanol–water partition coefficient (Wildman–Crippen LogP) is 8.43. The monoisotopic (exact) mass is 650 g/mol. The highest BCUT2D eigenvalue weighted by Gasteiger charge is 2.70. The van der Waals surface area contributed by atoms with E-state index in [0.717, 1.165) is 30.6 Å². The summed E-state index contributed by atoms with van der Waals surface area (Å²) in [5.74, 6) is 2.74. The summed E-state index contributed by atoms with van der Waals surface area (Å²) in [6, 6.07) is 0. The highest BCUT2D eigenvalue weighted by Crippen LogP contribution is 2.76. The summed E-state index contributed by atoms with van der Waals surface area (Å²) < 4.78 is 5.93. The van der Waals surface area contributed by atoms with Gasteiger partial charge >= 0.3 is 5.97 Å². The normalized spacial score (nSPS) is 40.7. The van der Waals surface area contributed by atoms with E-state index < -0.39 is 12.1 Å². The van der Waals surface area contributed by atoms with Crippen molar-refractivity contribution in [2.24, 2.45) is 51.2 Å². The number of aliphatic hydroxyl groups excluding tert-OH is 1. The lowest BCUT2D eigenvalue weighted by Gasteiger charge is -2.71. The summed E-state index contributed by atoms with van der Waals surface area (Å²) in [5.41, 5.74) is 1.20. The van der Waals surface area contributed by atoms with Crippen LogP contribution in [0.5, 0.6) is 0 Å². The number of aliphatic carboxylic acids is 1. The average molecular weight is 650 g/mol. The van der Waals surface area contributed by atoms with Crippen LogP contribution in [0.3, 0.4) is 0 Å². The Balaban J connectivity index is 0.000000650. The van der Waals surface area contributed by atoms with E-state index in [1.807, 2.05) is 46.9 Å². The molecular weight excluding hydrogens is 578 g/mol. The summed E-state index contributed by atoms with van der Waals surface area (Å²) in [6.45, 7) is 19.8. The molecule has 0 radical (unpaired) electrons. The number of allylic oxidation sites excluding steroid dienone is 1. The molecule has 7 nitrogen and oxygen atoms in total. The number of carbonyl (C=O) groups is 3. The lowest BCUT2D eigenvalue weighted by atomic mass is 9.33. The van der Waals surface area contributed by atoms with Crippen molar-refractivity contribution >= 4 is 18.2 Å². The Kier molecular flexibility index (Phi) is 15.7. The van der Waals surface area contributed by atoms with Gasteiger partial charge in [-0.15, -0.1) is 6.58 Å². The molecule has 11 atom stereocenters. The van der Waals surface area contributed by atoms with Crippen LogP contribution in [0.15, 0.2) is 12.7 Å². The van der Waals surface area contributed by atoms with E-state index >= 15 is 0 Å². The Morgan fingerprint density at radius 3 is 2.04 bits per heavy atom. The Hall–Kier alpha value is -1.73. The van der Waals surface area contributed by atoms with Crippen molar-refractivity contribution in [3.8, 4) is 0 Å². The van der Waals surface area contributed by atoms with Crippen molar-refractivity contribution in [2.45, 2.75) is 145 Å². The Bertz CT molecular complexity index is 1010. The second-order valence-corrected chi connectivity index (χ2v) is 15.4. The molecule has 268 valence electrons. The summed E-state index contributed by atoms with van der Waals surface area (Å²) in [4.78, 5) is 34.6. The maximum absolute atomic E-state index is 13.5. The van der Waals surface area contributed by atoms with Crippen LogP contribution in [-0.4, -0.2) is 66.7 Å². The Labute approximate surface area is 282 Å².